The largest absolute Gasteiger partial charge is 0.377 e. The van der Waals surface area contributed by atoms with Gasteiger partial charge in [0.25, 0.3) is 0 Å². The van der Waals surface area contributed by atoms with Crippen molar-refractivity contribution in [3.05, 3.63) is 0 Å². The van der Waals surface area contributed by atoms with Gasteiger partial charge in [-0.15, -0.1) is 0 Å². The number of hydrogen-bond acceptors (Lipinski definition) is 3. The molecular formula is C15H26N2O3. The molecule has 5 nitrogen and oxygen atoms in total. The van der Waals surface area contributed by atoms with Gasteiger partial charge in [0.15, 0.2) is 0 Å². The second kappa shape index (κ2) is 5.35. The average Bonchev–Trinajstić information content (AvgIpc) is 2.84. The Morgan fingerprint density at radius 2 is 1.95 bits per heavy atom. The first-order valence-electron chi connectivity index (χ1n) is 7.44. The highest BCUT2D eigenvalue weighted by Crippen LogP contribution is 2.31. The van der Waals surface area contributed by atoms with E-state index in [2.05, 4.69) is 0 Å². The van der Waals surface area contributed by atoms with Crippen LogP contribution in [0.5, 0.6) is 0 Å². The van der Waals surface area contributed by atoms with Crippen LogP contribution in [0.4, 0.5) is 0 Å². The molecule has 2 rings (SSSR count). The normalized spacial score (nSPS) is 27.5. The van der Waals surface area contributed by atoms with E-state index >= 15 is 0 Å². The quantitative estimate of drug-likeness (QED) is 0.780. The molecular weight excluding hydrogens is 256 g/mol. The van der Waals surface area contributed by atoms with Crippen molar-refractivity contribution in [1.29, 1.82) is 0 Å². The first kappa shape index (κ1) is 15.3. The molecule has 2 amide bonds. The molecule has 0 aromatic rings. The van der Waals surface area contributed by atoms with Crippen LogP contribution in [0, 0.1) is 5.92 Å². The lowest BCUT2D eigenvalue weighted by atomic mass is 9.94. The summed E-state index contributed by atoms with van der Waals surface area (Å²) < 4.78 is 5.44. The molecule has 114 valence electrons. The van der Waals surface area contributed by atoms with Crippen LogP contribution in [0.3, 0.4) is 0 Å². The molecule has 2 heterocycles. The van der Waals surface area contributed by atoms with Crippen LogP contribution in [0.25, 0.3) is 0 Å². The molecule has 5 heteroatoms. The number of rotatable bonds is 4. The summed E-state index contributed by atoms with van der Waals surface area (Å²) in [5.74, 6) is 0.306. The van der Waals surface area contributed by atoms with E-state index in [1.807, 2.05) is 27.7 Å². The minimum atomic E-state index is -0.441. The molecule has 2 aliphatic heterocycles. The van der Waals surface area contributed by atoms with Crippen LogP contribution < -0.4 is 0 Å². The Balaban J connectivity index is 2.30. The highest BCUT2D eigenvalue weighted by Gasteiger charge is 2.49. The van der Waals surface area contributed by atoms with Crippen LogP contribution in [-0.2, 0) is 14.3 Å². The summed E-state index contributed by atoms with van der Waals surface area (Å²) in [6, 6.07) is -0.601. The number of carbonyl (C=O) groups excluding carboxylic acids is 2. The van der Waals surface area contributed by atoms with Crippen molar-refractivity contribution in [2.75, 3.05) is 20.2 Å². The SMILES string of the molecule is COC(C)(C)CN1C(=O)C2CCCN2C(=O)C1C(C)C. The molecule has 2 fully saturated rings. The molecule has 0 aromatic heterocycles. The van der Waals surface area contributed by atoms with Gasteiger partial charge in [-0.2, -0.15) is 0 Å². The number of nitrogens with zero attached hydrogens (tertiary/aromatic N) is 2. The Morgan fingerprint density at radius 3 is 2.50 bits per heavy atom. The van der Waals surface area contributed by atoms with Crippen molar-refractivity contribution < 1.29 is 14.3 Å². The van der Waals surface area contributed by atoms with Crippen molar-refractivity contribution in [1.82, 2.24) is 9.80 Å². The Kier molecular flexibility index (Phi) is 4.09. The first-order valence-corrected chi connectivity index (χ1v) is 7.44. The van der Waals surface area contributed by atoms with E-state index in [9.17, 15) is 9.59 Å². The van der Waals surface area contributed by atoms with E-state index in [1.165, 1.54) is 0 Å². The van der Waals surface area contributed by atoms with E-state index in [1.54, 1.807) is 16.9 Å². The van der Waals surface area contributed by atoms with Crippen LogP contribution in [0.15, 0.2) is 0 Å². The zero-order chi connectivity index (χ0) is 15.1. The zero-order valence-electron chi connectivity index (χ0n) is 13.2. The van der Waals surface area contributed by atoms with Gasteiger partial charge in [0.2, 0.25) is 11.8 Å². The van der Waals surface area contributed by atoms with Crippen LogP contribution in [-0.4, -0.2) is 59.5 Å². The third kappa shape index (κ3) is 2.55. The molecule has 0 aliphatic carbocycles. The van der Waals surface area contributed by atoms with Gasteiger partial charge in [-0.1, -0.05) is 13.8 Å². The highest BCUT2D eigenvalue weighted by molar-refractivity contribution is 5.97. The Hall–Kier alpha value is -1.10. The maximum atomic E-state index is 12.7. The summed E-state index contributed by atoms with van der Waals surface area (Å²) >= 11 is 0. The number of fused-ring (bicyclic) bond motifs is 1. The Morgan fingerprint density at radius 1 is 1.30 bits per heavy atom. The van der Waals surface area contributed by atoms with E-state index < -0.39 is 5.60 Å². The summed E-state index contributed by atoms with van der Waals surface area (Å²) in [5, 5.41) is 0. The van der Waals surface area contributed by atoms with E-state index in [0.29, 0.717) is 6.54 Å². The fourth-order valence-corrected chi connectivity index (χ4v) is 3.22. The molecule has 0 saturated carbocycles. The van der Waals surface area contributed by atoms with E-state index in [-0.39, 0.29) is 29.8 Å². The maximum Gasteiger partial charge on any atom is 0.246 e. The number of hydrogen-bond donors (Lipinski definition) is 0. The minimum absolute atomic E-state index is 0.0888. The number of ether oxygens (including phenoxy) is 1. The minimum Gasteiger partial charge on any atom is -0.377 e. The molecule has 0 aromatic carbocycles. The van der Waals surface area contributed by atoms with Gasteiger partial charge in [-0.3, -0.25) is 9.59 Å². The first-order chi connectivity index (χ1) is 9.28. The van der Waals surface area contributed by atoms with Crippen molar-refractivity contribution in [2.24, 2.45) is 5.92 Å². The lowest BCUT2D eigenvalue weighted by molar-refractivity contribution is -0.165. The van der Waals surface area contributed by atoms with Crippen LogP contribution in [0.2, 0.25) is 0 Å². The molecule has 2 atom stereocenters. The lowest BCUT2D eigenvalue weighted by Crippen LogP contribution is -2.66. The van der Waals surface area contributed by atoms with Crippen molar-refractivity contribution in [3.63, 3.8) is 0 Å². The van der Waals surface area contributed by atoms with E-state index in [4.69, 9.17) is 4.74 Å². The fourth-order valence-electron chi connectivity index (χ4n) is 3.22. The summed E-state index contributed by atoms with van der Waals surface area (Å²) in [6.45, 7) is 9.08. The van der Waals surface area contributed by atoms with Crippen LogP contribution >= 0.6 is 0 Å². The topological polar surface area (TPSA) is 49.9 Å². The number of piperazine rings is 1. The predicted molar refractivity (Wildman–Crippen MR) is 76.2 cm³/mol. The lowest BCUT2D eigenvalue weighted by Gasteiger charge is -2.46. The number of methoxy groups -OCH3 is 1. The molecule has 20 heavy (non-hydrogen) atoms. The van der Waals surface area contributed by atoms with Crippen LogP contribution in [0.1, 0.15) is 40.5 Å². The smallest absolute Gasteiger partial charge is 0.246 e. The molecule has 2 aliphatic rings. The van der Waals surface area contributed by atoms with Gasteiger partial charge >= 0.3 is 0 Å². The van der Waals surface area contributed by atoms with Gasteiger partial charge in [0.1, 0.15) is 12.1 Å². The van der Waals surface area contributed by atoms with Crippen molar-refractivity contribution >= 4 is 11.8 Å². The number of carbonyl (C=O) groups is 2. The third-order valence-electron chi connectivity index (χ3n) is 4.43. The predicted octanol–water partition coefficient (Wildman–Crippen LogP) is 1.27. The van der Waals surface area contributed by atoms with Gasteiger partial charge in [0, 0.05) is 13.7 Å². The standard InChI is InChI=1S/C15H26N2O3/c1-10(2)12-14(19)16-8-6-7-11(16)13(18)17(12)9-15(3,4)20-5/h10-12H,6-9H2,1-5H3. The second-order valence-corrected chi connectivity index (χ2v) is 6.81. The monoisotopic (exact) mass is 282 g/mol. The summed E-state index contributed by atoms with van der Waals surface area (Å²) in [6.07, 6.45) is 1.72. The molecule has 0 spiro atoms. The fraction of sp³-hybridized carbons (Fsp3) is 0.867. The Bertz CT molecular complexity index is 406. The molecule has 0 N–H and O–H groups in total. The summed E-state index contributed by atoms with van der Waals surface area (Å²) in [7, 11) is 1.64. The van der Waals surface area contributed by atoms with Crippen molar-refractivity contribution in [3.8, 4) is 0 Å². The zero-order valence-corrected chi connectivity index (χ0v) is 13.2. The van der Waals surface area contributed by atoms with Gasteiger partial charge < -0.3 is 14.5 Å². The van der Waals surface area contributed by atoms with Gasteiger partial charge in [0.05, 0.1) is 12.1 Å². The summed E-state index contributed by atoms with van der Waals surface area (Å²) in [4.78, 5) is 28.9. The third-order valence-corrected chi connectivity index (χ3v) is 4.43. The average molecular weight is 282 g/mol. The molecule has 2 saturated heterocycles. The molecule has 0 radical (unpaired) electrons. The van der Waals surface area contributed by atoms with Gasteiger partial charge in [-0.05, 0) is 32.6 Å². The number of amides is 2. The molecule has 0 bridgehead atoms. The van der Waals surface area contributed by atoms with Gasteiger partial charge in [-0.25, -0.2) is 0 Å². The Labute approximate surface area is 121 Å². The van der Waals surface area contributed by atoms with Crippen molar-refractivity contribution in [2.45, 2.75) is 58.2 Å². The summed E-state index contributed by atoms with van der Waals surface area (Å²) in [5.41, 5.74) is -0.441. The second-order valence-electron chi connectivity index (χ2n) is 6.81. The van der Waals surface area contributed by atoms with E-state index in [0.717, 1.165) is 19.4 Å². The maximum absolute atomic E-state index is 12.7. The highest BCUT2D eigenvalue weighted by atomic mass is 16.5. The molecule has 2 unspecified atom stereocenters.